The zero-order chi connectivity index (χ0) is 10.1. The Hall–Kier alpha value is 0.270. The zero-order valence-corrected chi connectivity index (χ0v) is 10.2. The molecule has 1 heterocycles. The molecule has 1 rings (SSSR count). The van der Waals surface area contributed by atoms with Crippen molar-refractivity contribution in [3.05, 3.63) is 0 Å². The van der Waals surface area contributed by atoms with Gasteiger partial charge in [0.25, 0.3) is 0 Å². The molecule has 0 aromatic carbocycles. The maximum atomic E-state index is 3.42. The molecular weight excluding hydrogens is 192 g/mol. The highest BCUT2D eigenvalue weighted by molar-refractivity contribution is 7.99. The molecule has 1 aliphatic heterocycles. The Balaban J connectivity index is 1.75. The van der Waals surface area contributed by atoms with Crippen LogP contribution in [0.4, 0.5) is 0 Å². The Labute approximate surface area is 92.6 Å². The fourth-order valence-electron chi connectivity index (χ4n) is 1.68. The van der Waals surface area contributed by atoms with Crippen LogP contribution in [0, 0.1) is 0 Å². The average Bonchev–Trinajstić information content (AvgIpc) is 2.69. The molecule has 0 atom stereocenters. The number of hydrogen-bond donors (Lipinski definition) is 2. The number of rotatable bonds is 8. The summed E-state index contributed by atoms with van der Waals surface area (Å²) in [4.78, 5) is 0. The van der Waals surface area contributed by atoms with Gasteiger partial charge in [0.15, 0.2) is 0 Å². The predicted molar refractivity (Wildman–Crippen MR) is 65.6 cm³/mol. The van der Waals surface area contributed by atoms with E-state index in [-0.39, 0.29) is 0 Å². The first-order chi connectivity index (χ1) is 6.93. The molecule has 1 saturated heterocycles. The second-order valence-corrected chi connectivity index (χ2v) is 5.14. The lowest BCUT2D eigenvalue weighted by molar-refractivity contribution is 0.626. The van der Waals surface area contributed by atoms with Crippen molar-refractivity contribution in [1.82, 2.24) is 10.6 Å². The van der Waals surface area contributed by atoms with Crippen LogP contribution in [0.25, 0.3) is 0 Å². The first-order valence-corrected chi connectivity index (χ1v) is 7.06. The molecule has 0 aromatic rings. The Bertz CT molecular complexity index is 124. The van der Waals surface area contributed by atoms with Crippen molar-refractivity contribution in [2.45, 2.75) is 50.9 Å². The van der Waals surface area contributed by atoms with Crippen molar-refractivity contribution in [2.75, 3.05) is 18.8 Å². The van der Waals surface area contributed by atoms with Crippen molar-refractivity contribution in [3.8, 4) is 0 Å². The molecule has 2 nitrogen and oxygen atoms in total. The van der Waals surface area contributed by atoms with E-state index < -0.39 is 0 Å². The van der Waals surface area contributed by atoms with Gasteiger partial charge in [-0.15, -0.1) is 11.8 Å². The molecule has 0 saturated carbocycles. The lowest BCUT2D eigenvalue weighted by atomic mass is 10.1. The molecule has 1 aliphatic rings. The number of thioether (sulfide) groups is 1. The third-order valence-electron chi connectivity index (χ3n) is 2.57. The third kappa shape index (κ3) is 5.89. The average molecular weight is 216 g/mol. The summed E-state index contributed by atoms with van der Waals surface area (Å²) >= 11 is 2.03. The summed E-state index contributed by atoms with van der Waals surface area (Å²) in [6.45, 7) is 4.54. The molecule has 1 fully saturated rings. The molecule has 2 N–H and O–H groups in total. The minimum atomic E-state index is 0.533. The molecule has 0 bridgehead atoms. The summed E-state index contributed by atoms with van der Waals surface area (Å²) in [5.74, 6) is 1.30. The molecule has 0 aromatic heterocycles. The maximum absolute atomic E-state index is 3.42. The highest BCUT2D eigenvalue weighted by Gasteiger charge is 2.11. The van der Waals surface area contributed by atoms with Crippen molar-refractivity contribution in [3.63, 3.8) is 0 Å². The van der Waals surface area contributed by atoms with Gasteiger partial charge in [0.1, 0.15) is 5.50 Å². The lowest BCUT2D eigenvalue weighted by Crippen LogP contribution is -2.27. The standard InChI is InChI=1S/C11H24N2S/c1-2-3-4-5-6-7-10-14-11-12-8-9-13-11/h11-13H,2-10H2,1H3. The Morgan fingerprint density at radius 1 is 1.00 bits per heavy atom. The smallest absolute Gasteiger partial charge is 0.106 e. The van der Waals surface area contributed by atoms with Gasteiger partial charge in [-0.2, -0.15) is 0 Å². The minimum Gasteiger partial charge on any atom is -0.292 e. The topological polar surface area (TPSA) is 24.1 Å². The summed E-state index contributed by atoms with van der Waals surface area (Å²) in [6.07, 6.45) is 8.43. The van der Waals surface area contributed by atoms with Crippen LogP contribution < -0.4 is 10.6 Å². The highest BCUT2D eigenvalue weighted by atomic mass is 32.2. The molecule has 14 heavy (non-hydrogen) atoms. The second kappa shape index (κ2) is 8.57. The van der Waals surface area contributed by atoms with Crippen LogP contribution in [0.2, 0.25) is 0 Å². The Morgan fingerprint density at radius 3 is 2.36 bits per heavy atom. The van der Waals surface area contributed by atoms with E-state index in [0.29, 0.717) is 5.50 Å². The molecule has 84 valence electrons. The van der Waals surface area contributed by atoms with Gasteiger partial charge in [0.05, 0.1) is 0 Å². The SMILES string of the molecule is CCCCCCCCSC1NCCN1. The van der Waals surface area contributed by atoms with Crippen molar-refractivity contribution < 1.29 is 0 Å². The Morgan fingerprint density at radius 2 is 1.64 bits per heavy atom. The van der Waals surface area contributed by atoms with Gasteiger partial charge in [-0.3, -0.25) is 10.6 Å². The van der Waals surface area contributed by atoms with Gasteiger partial charge in [0, 0.05) is 13.1 Å². The van der Waals surface area contributed by atoms with E-state index in [0.717, 1.165) is 13.1 Å². The molecule has 0 aliphatic carbocycles. The van der Waals surface area contributed by atoms with E-state index >= 15 is 0 Å². The predicted octanol–water partition coefficient (Wildman–Crippen LogP) is 2.56. The molecular formula is C11H24N2S. The van der Waals surface area contributed by atoms with E-state index in [1.165, 1.54) is 44.3 Å². The second-order valence-electron chi connectivity index (χ2n) is 3.93. The number of hydrogen-bond acceptors (Lipinski definition) is 3. The van der Waals surface area contributed by atoms with Crippen molar-refractivity contribution in [1.29, 1.82) is 0 Å². The van der Waals surface area contributed by atoms with E-state index in [1.54, 1.807) is 0 Å². The third-order valence-corrected chi connectivity index (χ3v) is 3.76. The highest BCUT2D eigenvalue weighted by Crippen LogP contribution is 2.12. The van der Waals surface area contributed by atoms with Gasteiger partial charge < -0.3 is 0 Å². The summed E-state index contributed by atoms with van der Waals surface area (Å²) < 4.78 is 0. The van der Waals surface area contributed by atoms with E-state index in [4.69, 9.17) is 0 Å². The van der Waals surface area contributed by atoms with Gasteiger partial charge in [-0.1, -0.05) is 39.0 Å². The monoisotopic (exact) mass is 216 g/mol. The quantitative estimate of drug-likeness (QED) is 0.610. The summed E-state index contributed by atoms with van der Waals surface area (Å²) in [7, 11) is 0. The van der Waals surface area contributed by atoms with Gasteiger partial charge in [-0.05, 0) is 12.2 Å². The fourth-order valence-corrected chi connectivity index (χ4v) is 2.76. The molecule has 0 amide bonds. The van der Waals surface area contributed by atoms with Crippen LogP contribution >= 0.6 is 11.8 Å². The zero-order valence-electron chi connectivity index (χ0n) is 9.35. The van der Waals surface area contributed by atoms with Gasteiger partial charge in [-0.25, -0.2) is 0 Å². The number of nitrogens with one attached hydrogen (secondary N) is 2. The van der Waals surface area contributed by atoms with Gasteiger partial charge >= 0.3 is 0 Å². The van der Waals surface area contributed by atoms with Crippen LogP contribution in [0.5, 0.6) is 0 Å². The van der Waals surface area contributed by atoms with E-state index in [2.05, 4.69) is 17.6 Å². The molecule has 0 spiro atoms. The summed E-state index contributed by atoms with van der Waals surface area (Å²) in [5.41, 5.74) is 0.533. The van der Waals surface area contributed by atoms with Crippen LogP contribution in [0.3, 0.4) is 0 Å². The first kappa shape index (κ1) is 12.3. The first-order valence-electron chi connectivity index (χ1n) is 6.02. The Kier molecular flexibility index (Phi) is 7.55. The molecule has 0 radical (unpaired) electrons. The summed E-state index contributed by atoms with van der Waals surface area (Å²) in [5, 5.41) is 6.84. The van der Waals surface area contributed by atoms with Crippen LogP contribution in [-0.2, 0) is 0 Å². The van der Waals surface area contributed by atoms with Crippen LogP contribution in [0.15, 0.2) is 0 Å². The maximum Gasteiger partial charge on any atom is 0.106 e. The molecule has 0 unspecified atom stereocenters. The number of unbranched alkanes of at least 4 members (excludes halogenated alkanes) is 5. The van der Waals surface area contributed by atoms with E-state index in [1.807, 2.05) is 11.8 Å². The largest absolute Gasteiger partial charge is 0.292 e. The summed E-state index contributed by atoms with van der Waals surface area (Å²) in [6, 6.07) is 0. The van der Waals surface area contributed by atoms with E-state index in [9.17, 15) is 0 Å². The van der Waals surface area contributed by atoms with Crippen LogP contribution in [-0.4, -0.2) is 24.3 Å². The minimum absolute atomic E-state index is 0.533. The van der Waals surface area contributed by atoms with Crippen LogP contribution in [0.1, 0.15) is 45.4 Å². The normalized spacial score (nSPS) is 17.8. The van der Waals surface area contributed by atoms with Crippen molar-refractivity contribution >= 4 is 11.8 Å². The lowest BCUT2D eigenvalue weighted by Gasteiger charge is -2.09. The molecule has 3 heteroatoms. The van der Waals surface area contributed by atoms with Crippen molar-refractivity contribution in [2.24, 2.45) is 0 Å². The fraction of sp³-hybridized carbons (Fsp3) is 1.00. The van der Waals surface area contributed by atoms with Gasteiger partial charge in [0.2, 0.25) is 0 Å².